The average molecular weight is 281 g/mol. The molecular weight excluding hydrogens is 262 g/mol. The van der Waals surface area contributed by atoms with E-state index < -0.39 is 0 Å². The zero-order valence-electron chi connectivity index (χ0n) is 12.3. The molecule has 0 saturated heterocycles. The number of amides is 1. The van der Waals surface area contributed by atoms with Crippen molar-refractivity contribution in [2.75, 3.05) is 0 Å². The summed E-state index contributed by atoms with van der Waals surface area (Å²) in [5.74, 6) is -0.338. The van der Waals surface area contributed by atoms with Gasteiger partial charge in [0.05, 0.1) is 5.56 Å². The minimum absolute atomic E-state index is 0.0809. The first-order chi connectivity index (χ1) is 10.1. The van der Waals surface area contributed by atoms with Gasteiger partial charge in [-0.2, -0.15) is 0 Å². The first-order valence-electron chi connectivity index (χ1n) is 7.13. The van der Waals surface area contributed by atoms with Crippen LogP contribution in [0.5, 0.6) is 0 Å². The normalized spacial score (nSPS) is 11.7. The van der Waals surface area contributed by atoms with Crippen LogP contribution in [0.15, 0.2) is 54.6 Å². The van der Waals surface area contributed by atoms with E-state index in [1.807, 2.05) is 32.0 Å². The van der Waals surface area contributed by atoms with Gasteiger partial charge in [-0.1, -0.05) is 55.5 Å². The first-order valence-corrected chi connectivity index (χ1v) is 7.13. The molecule has 2 aromatic rings. The van der Waals surface area contributed by atoms with Crippen LogP contribution in [0.3, 0.4) is 0 Å². The molecule has 1 atom stereocenters. The Morgan fingerprint density at radius 3 is 2.14 bits per heavy atom. The zero-order valence-corrected chi connectivity index (χ0v) is 12.3. The zero-order chi connectivity index (χ0) is 15.2. The SMILES string of the molecule is CC[C@H](C)NC(=O)c1ccccc1C(=O)c1ccccc1. The third kappa shape index (κ3) is 3.57. The van der Waals surface area contributed by atoms with Gasteiger partial charge in [0, 0.05) is 17.2 Å². The van der Waals surface area contributed by atoms with E-state index in [4.69, 9.17) is 0 Å². The van der Waals surface area contributed by atoms with E-state index in [2.05, 4.69) is 5.32 Å². The highest BCUT2D eigenvalue weighted by Crippen LogP contribution is 2.15. The molecule has 0 aliphatic carbocycles. The Hall–Kier alpha value is -2.42. The van der Waals surface area contributed by atoms with E-state index in [9.17, 15) is 9.59 Å². The maximum Gasteiger partial charge on any atom is 0.252 e. The van der Waals surface area contributed by atoms with Gasteiger partial charge in [-0.05, 0) is 19.4 Å². The van der Waals surface area contributed by atoms with Crippen LogP contribution in [-0.4, -0.2) is 17.7 Å². The van der Waals surface area contributed by atoms with Crippen molar-refractivity contribution in [3.8, 4) is 0 Å². The number of benzene rings is 2. The average Bonchev–Trinajstić information content (AvgIpc) is 2.54. The Morgan fingerprint density at radius 1 is 0.952 bits per heavy atom. The van der Waals surface area contributed by atoms with Crippen molar-refractivity contribution >= 4 is 11.7 Å². The van der Waals surface area contributed by atoms with Crippen molar-refractivity contribution in [2.45, 2.75) is 26.3 Å². The van der Waals surface area contributed by atoms with Crippen LogP contribution in [0.1, 0.15) is 46.5 Å². The van der Waals surface area contributed by atoms with Gasteiger partial charge in [-0.25, -0.2) is 0 Å². The lowest BCUT2D eigenvalue weighted by Gasteiger charge is -2.13. The van der Waals surface area contributed by atoms with E-state index in [1.54, 1.807) is 36.4 Å². The van der Waals surface area contributed by atoms with Gasteiger partial charge in [0.1, 0.15) is 0 Å². The molecule has 108 valence electrons. The van der Waals surface area contributed by atoms with Gasteiger partial charge in [-0.15, -0.1) is 0 Å². The van der Waals surface area contributed by atoms with Crippen molar-refractivity contribution in [3.05, 3.63) is 71.3 Å². The third-order valence-electron chi connectivity index (χ3n) is 3.44. The van der Waals surface area contributed by atoms with Crippen molar-refractivity contribution in [3.63, 3.8) is 0 Å². The third-order valence-corrected chi connectivity index (χ3v) is 3.44. The summed E-state index contributed by atoms with van der Waals surface area (Å²) < 4.78 is 0. The Labute approximate surface area is 125 Å². The van der Waals surface area contributed by atoms with Gasteiger partial charge < -0.3 is 5.32 Å². The lowest BCUT2D eigenvalue weighted by atomic mass is 9.98. The molecule has 3 nitrogen and oxygen atoms in total. The van der Waals surface area contributed by atoms with Crippen LogP contribution >= 0.6 is 0 Å². The minimum atomic E-state index is -0.204. The number of carbonyl (C=O) groups excluding carboxylic acids is 2. The van der Waals surface area contributed by atoms with Crippen LogP contribution in [0.2, 0.25) is 0 Å². The largest absolute Gasteiger partial charge is 0.350 e. The molecule has 2 aromatic carbocycles. The molecular formula is C18H19NO2. The topological polar surface area (TPSA) is 46.2 Å². The summed E-state index contributed by atoms with van der Waals surface area (Å²) in [6, 6.07) is 16.0. The molecule has 0 saturated carbocycles. The highest BCUT2D eigenvalue weighted by atomic mass is 16.2. The number of rotatable bonds is 5. The molecule has 1 N–H and O–H groups in total. The smallest absolute Gasteiger partial charge is 0.252 e. The summed E-state index contributed by atoms with van der Waals surface area (Å²) in [5.41, 5.74) is 1.44. The van der Waals surface area contributed by atoms with Gasteiger partial charge in [0.25, 0.3) is 5.91 Å². The number of hydrogen-bond acceptors (Lipinski definition) is 2. The number of carbonyl (C=O) groups is 2. The lowest BCUT2D eigenvalue weighted by Crippen LogP contribution is -2.33. The van der Waals surface area contributed by atoms with Crippen molar-refractivity contribution in [1.29, 1.82) is 0 Å². The molecule has 0 spiro atoms. The van der Waals surface area contributed by atoms with E-state index in [0.717, 1.165) is 6.42 Å². The van der Waals surface area contributed by atoms with Crippen molar-refractivity contribution < 1.29 is 9.59 Å². The van der Waals surface area contributed by atoms with Crippen LogP contribution < -0.4 is 5.32 Å². The highest BCUT2D eigenvalue weighted by Gasteiger charge is 2.18. The fourth-order valence-corrected chi connectivity index (χ4v) is 2.03. The molecule has 2 rings (SSSR count). The Balaban J connectivity index is 2.33. The Morgan fingerprint density at radius 2 is 1.52 bits per heavy atom. The molecule has 0 radical (unpaired) electrons. The summed E-state index contributed by atoms with van der Waals surface area (Å²) in [7, 11) is 0. The van der Waals surface area contributed by atoms with Gasteiger partial charge >= 0.3 is 0 Å². The molecule has 0 heterocycles. The summed E-state index contributed by atoms with van der Waals surface area (Å²) in [4.78, 5) is 24.9. The second kappa shape index (κ2) is 6.84. The fourth-order valence-electron chi connectivity index (χ4n) is 2.03. The number of nitrogens with one attached hydrogen (secondary N) is 1. The Kier molecular flexibility index (Phi) is 4.88. The van der Waals surface area contributed by atoms with E-state index >= 15 is 0 Å². The molecule has 1 amide bonds. The first kappa shape index (κ1) is 15.0. The van der Waals surface area contributed by atoms with Gasteiger partial charge in [0.15, 0.2) is 5.78 Å². The summed E-state index contributed by atoms with van der Waals surface area (Å²) in [5, 5.41) is 2.90. The van der Waals surface area contributed by atoms with Gasteiger partial charge in [0.2, 0.25) is 0 Å². The van der Waals surface area contributed by atoms with Crippen LogP contribution in [0, 0.1) is 0 Å². The van der Waals surface area contributed by atoms with Crippen molar-refractivity contribution in [1.82, 2.24) is 5.32 Å². The predicted octanol–water partition coefficient (Wildman–Crippen LogP) is 3.45. The minimum Gasteiger partial charge on any atom is -0.350 e. The van der Waals surface area contributed by atoms with Crippen LogP contribution in [0.25, 0.3) is 0 Å². The monoisotopic (exact) mass is 281 g/mol. The summed E-state index contributed by atoms with van der Waals surface area (Å²) in [6.07, 6.45) is 0.848. The molecule has 0 unspecified atom stereocenters. The second-order valence-corrected chi connectivity index (χ2v) is 5.02. The molecule has 0 aliphatic heterocycles. The molecule has 3 heteroatoms. The second-order valence-electron chi connectivity index (χ2n) is 5.02. The summed E-state index contributed by atoms with van der Waals surface area (Å²) in [6.45, 7) is 3.95. The quantitative estimate of drug-likeness (QED) is 0.853. The van der Waals surface area contributed by atoms with Crippen molar-refractivity contribution in [2.24, 2.45) is 0 Å². The Bertz CT molecular complexity index is 635. The molecule has 0 fully saturated rings. The fraction of sp³-hybridized carbons (Fsp3) is 0.222. The number of ketones is 1. The lowest BCUT2D eigenvalue weighted by molar-refractivity contribution is 0.0929. The van der Waals surface area contributed by atoms with Crippen LogP contribution in [-0.2, 0) is 0 Å². The van der Waals surface area contributed by atoms with E-state index in [1.165, 1.54) is 0 Å². The predicted molar refractivity (Wildman–Crippen MR) is 83.5 cm³/mol. The maximum atomic E-state index is 12.5. The van der Waals surface area contributed by atoms with Crippen LogP contribution in [0.4, 0.5) is 0 Å². The number of hydrogen-bond donors (Lipinski definition) is 1. The standard InChI is InChI=1S/C18H19NO2/c1-3-13(2)19-18(21)16-12-8-7-11-15(16)17(20)14-9-5-4-6-10-14/h4-13H,3H2,1-2H3,(H,19,21)/t13-/m0/s1. The van der Waals surface area contributed by atoms with E-state index in [0.29, 0.717) is 16.7 Å². The molecule has 0 aromatic heterocycles. The van der Waals surface area contributed by atoms with E-state index in [-0.39, 0.29) is 17.7 Å². The molecule has 0 aliphatic rings. The maximum absolute atomic E-state index is 12.5. The molecule has 0 bridgehead atoms. The summed E-state index contributed by atoms with van der Waals surface area (Å²) >= 11 is 0. The van der Waals surface area contributed by atoms with Gasteiger partial charge in [-0.3, -0.25) is 9.59 Å². The highest BCUT2D eigenvalue weighted by molar-refractivity contribution is 6.15. The molecule has 21 heavy (non-hydrogen) atoms.